The number of carbonyl (C=O) groups is 2. The van der Waals surface area contributed by atoms with Gasteiger partial charge >= 0.3 is 0 Å². The highest BCUT2D eigenvalue weighted by Gasteiger charge is 2.18. The van der Waals surface area contributed by atoms with Gasteiger partial charge in [-0.25, -0.2) is 0 Å². The Morgan fingerprint density at radius 2 is 2.13 bits per heavy atom. The average molecular weight is 316 g/mol. The number of nitrogens with zero attached hydrogens (tertiary/aromatic N) is 2. The molecule has 23 heavy (non-hydrogen) atoms. The molecule has 122 valence electrons. The normalized spacial score (nSPS) is 14.9. The van der Waals surface area contributed by atoms with Gasteiger partial charge in [-0.3, -0.25) is 9.59 Å². The molecular formula is C17H20N2O4. The molecule has 0 bridgehead atoms. The van der Waals surface area contributed by atoms with Gasteiger partial charge in [0.25, 0.3) is 0 Å². The summed E-state index contributed by atoms with van der Waals surface area (Å²) in [7, 11) is 0. The molecule has 1 aliphatic rings. The average Bonchev–Trinajstić information content (AvgIpc) is 2.93. The number of morpholine rings is 1. The maximum absolute atomic E-state index is 12.4. The van der Waals surface area contributed by atoms with E-state index in [4.69, 9.17) is 9.47 Å². The molecule has 1 saturated heterocycles. The lowest BCUT2D eigenvalue weighted by molar-refractivity contribution is -0.135. The lowest BCUT2D eigenvalue weighted by Gasteiger charge is -2.27. The minimum Gasteiger partial charge on any atom is -0.494 e. The number of rotatable bonds is 5. The van der Waals surface area contributed by atoms with Crippen molar-refractivity contribution in [2.45, 2.75) is 13.5 Å². The fourth-order valence-corrected chi connectivity index (χ4v) is 2.84. The number of carbonyl (C=O) groups excluding carboxylic acids is 2. The van der Waals surface area contributed by atoms with Crippen molar-refractivity contribution in [3.8, 4) is 5.75 Å². The molecule has 0 aliphatic carbocycles. The Morgan fingerprint density at radius 3 is 2.83 bits per heavy atom. The molecule has 2 heterocycles. The van der Waals surface area contributed by atoms with Crippen LogP contribution in [0.15, 0.2) is 24.4 Å². The van der Waals surface area contributed by atoms with Crippen molar-refractivity contribution in [2.75, 3.05) is 32.9 Å². The fourth-order valence-electron chi connectivity index (χ4n) is 2.84. The Labute approximate surface area is 134 Å². The van der Waals surface area contributed by atoms with E-state index in [0.717, 1.165) is 22.9 Å². The van der Waals surface area contributed by atoms with Gasteiger partial charge in [0.1, 0.15) is 12.3 Å². The highest BCUT2D eigenvalue weighted by Crippen LogP contribution is 2.25. The Kier molecular flexibility index (Phi) is 4.62. The number of hydrogen-bond donors (Lipinski definition) is 0. The van der Waals surface area contributed by atoms with Crippen molar-refractivity contribution >= 4 is 23.1 Å². The molecule has 1 aromatic heterocycles. The zero-order valence-corrected chi connectivity index (χ0v) is 13.2. The first-order valence-corrected chi connectivity index (χ1v) is 7.79. The van der Waals surface area contributed by atoms with E-state index in [2.05, 4.69) is 0 Å². The minimum absolute atomic E-state index is 0.0385. The van der Waals surface area contributed by atoms with Crippen LogP contribution >= 0.6 is 0 Å². The number of aromatic nitrogens is 1. The molecule has 0 spiro atoms. The van der Waals surface area contributed by atoms with Crippen molar-refractivity contribution < 1.29 is 19.1 Å². The van der Waals surface area contributed by atoms with Gasteiger partial charge < -0.3 is 18.9 Å². The largest absolute Gasteiger partial charge is 0.494 e. The maximum atomic E-state index is 12.4. The van der Waals surface area contributed by atoms with E-state index in [0.29, 0.717) is 38.5 Å². The van der Waals surface area contributed by atoms with Crippen LogP contribution in [0.1, 0.15) is 17.3 Å². The molecule has 1 aliphatic heterocycles. The summed E-state index contributed by atoms with van der Waals surface area (Å²) in [6, 6.07) is 5.59. The molecule has 0 saturated carbocycles. The van der Waals surface area contributed by atoms with Gasteiger partial charge in [-0.2, -0.15) is 0 Å². The standard InChI is InChI=1S/C17H20N2O4/c1-2-23-14-3-4-16-15(9-14)13(12-20)10-19(16)11-17(21)18-5-7-22-8-6-18/h3-4,9-10,12H,2,5-8,11H2,1H3. The summed E-state index contributed by atoms with van der Waals surface area (Å²) in [6.07, 6.45) is 2.54. The van der Waals surface area contributed by atoms with Crippen LogP contribution in [-0.2, 0) is 16.1 Å². The summed E-state index contributed by atoms with van der Waals surface area (Å²) in [5.41, 5.74) is 1.42. The van der Waals surface area contributed by atoms with E-state index < -0.39 is 0 Å². The Morgan fingerprint density at radius 1 is 1.35 bits per heavy atom. The van der Waals surface area contributed by atoms with Crippen LogP contribution in [0.3, 0.4) is 0 Å². The minimum atomic E-state index is 0.0385. The first-order chi connectivity index (χ1) is 11.2. The van der Waals surface area contributed by atoms with Gasteiger partial charge in [0.15, 0.2) is 6.29 Å². The summed E-state index contributed by atoms with van der Waals surface area (Å²) < 4.78 is 12.6. The molecule has 0 atom stereocenters. The summed E-state index contributed by atoms with van der Waals surface area (Å²) in [6.45, 7) is 5.10. The number of benzene rings is 1. The van der Waals surface area contributed by atoms with Gasteiger partial charge in [0, 0.05) is 35.8 Å². The van der Waals surface area contributed by atoms with E-state index in [1.54, 1.807) is 11.1 Å². The van der Waals surface area contributed by atoms with E-state index in [9.17, 15) is 9.59 Å². The molecule has 2 aromatic rings. The van der Waals surface area contributed by atoms with Crippen LogP contribution in [0, 0.1) is 0 Å². The second-order valence-electron chi connectivity index (χ2n) is 5.44. The van der Waals surface area contributed by atoms with Gasteiger partial charge in [-0.1, -0.05) is 0 Å². The Bertz CT molecular complexity index is 717. The smallest absolute Gasteiger partial charge is 0.242 e. The Hall–Kier alpha value is -2.34. The summed E-state index contributed by atoms with van der Waals surface area (Å²) >= 11 is 0. The molecule has 0 N–H and O–H groups in total. The SMILES string of the molecule is CCOc1ccc2c(c1)c(C=O)cn2CC(=O)N1CCOCC1. The monoisotopic (exact) mass is 316 g/mol. The first-order valence-electron chi connectivity index (χ1n) is 7.79. The topological polar surface area (TPSA) is 60.8 Å². The number of hydrogen-bond acceptors (Lipinski definition) is 4. The highest BCUT2D eigenvalue weighted by molar-refractivity contribution is 5.98. The third-order valence-electron chi connectivity index (χ3n) is 3.99. The number of aldehydes is 1. The zero-order chi connectivity index (χ0) is 16.2. The van der Waals surface area contributed by atoms with E-state index in [1.165, 1.54) is 0 Å². The van der Waals surface area contributed by atoms with Crippen molar-refractivity contribution in [2.24, 2.45) is 0 Å². The van der Waals surface area contributed by atoms with Gasteiger partial charge in [-0.05, 0) is 25.1 Å². The third kappa shape index (κ3) is 3.22. The molecule has 3 rings (SSSR count). The molecule has 6 nitrogen and oxygen atoms in total. The fraction of sp³-hybridized carbons (Fsp3) is 0.412. The maximum Gasteiger partial charge on any atom is 0.242 e. The predicted octanol–water partition coefficient (Wildman–Crippen LogP) is 1.71. The lowest BCUT2D eigenvalue weighted by atomic mass is 10.2. The molecule has 6 heteroatoms. The molecule has 1 amide bonds. The van der Waals surface area contributed by atoms with Gasteiger partial charge in [0.05, 0.1) is 19.8 Å². The first kappa shape index (κ1) is 15.6. The molecule has 1 fully saturated rings. The zero-order valence-electron chi connectivity index (χ0n) is 13.2. The molecule has 0 radical (unpaired) electrons. The van der Waals surface area contributed by atoms with Crippen molar-refractivity contribution in [1.82, 2.24) is 9.47 Å². The predicted molar refractivity (Wildman–Crippen MR) is 85.9 cm³/mol. The number of amides is 1. The summed E-state index contributed by atoms with van der Waals surface area (Å²) in [5, 5.41) is 0.806. The van der Waals surface area contributed by atoms with Crippen LogP contribution in [0.25, 0.3) is 10.9 Å². The van der Waals surface area contributed by atoms with Crippen molar-refractivity contribution in [3.63, 3.8) is 0 Å². The van der Waals surface area contributed by atoms with Gasteiger partial charge in [0.2, 0.25) is 5.91 Å². The van der Waals surface area contributed by atoms with Crippen LogP contribution < -0.4 is 4.74 Å². The van der Waals surface area contributed by atoms with Crippen molar-refractivity contribution in [3.05, 3.63) is 30.0 Å². The number of fused-ring (bicyclic) bond motifs is 1. The van der Waals surface area contributed by atoms with Gasteiger partial charge in [-0.15, -0.1) is 0 Å². The van der Waals surface area contributed by atoms with Crippen LogP contribution in [0.5, 0.6) is 5.75 Å². The second kappa shape index (κ2) is 6.83. The van der Waals surface area contributed by atoms with Crippen molar-refractivity contribution in [1.29, 1.82) is 0 Å². The van der Waals surface area contributed by atoms with E-state index >= 15 is 0 Å². The summed E-state index contributed by atoms with van der Waals surface area (Å²) in [5.74, 6) is 0.761. The molecule has 1 aromatic carbocycles. The molecular weight excluding hydrogens is 296 g/mol. The lowest BCUT2D eigenvalue weighted by Crippen LogP contribution is -2.42. The van der Waals surface area contributed by atoms with Crippen LogP contribution in [0.2, 0.25) is 0 Å². The van der Waals surface area contributed by atoms with Crippen LogP contribution in [-0.4, -0.2) is 54.6 Å². The second-order valence-corrected chi connectivity index (χ2v) is 5.44. The Balaban J connectivity index is 1.88. The highest BCUT2D eigenvalue weighted by atomic mass is 16.5. The van der Waals surface area contributed by atoms with E-state index in [-0.39, 0.29) is 12.5 Å². The van der Waals surface area contributed by atoms with E-state index in [1.807, 2.05) is 29.7 Å². The van der Waals surface area contributed by atoms with Crippen LogP contribution in [0.4, 0.5) is 0 Å². The third-order valence-corrected chi connectivity index (χ3v) is 3.99. The molecule has 0 unspecified atom stereocenters. The number of ether oxygens (including phenoxy) is 2. The summed E-state index contributed by atoms with van der Waals surface area (Å²) in [4.78, 5) is 25.5. The quantitative estimate of drug-likeness (QED) is 0.788.